The van der Waals surface area contributed by atoms with Crippen LogP contribution in [0.25, 0.3) is 0 Å². The predicted octanol–water partition coefficient (Wildman–Crippen LogP) is 0.990. The molecule has 1 aliphatic rings. The summed E-state index contributed by atoms with van der Waals surface area (Å²) in [6.07, 6.45) is 1.12. The Balaban J connectivity index is 1.79. The number of nitrogens with one attached hydrogen (secondary N) is 1. The molecule has 0 radical (unpaired) electrons. The van der Waals surface area contributed by atoms with E-state index in [1.807, 2.05) is 30.3 Å². The molecule has 0 aliphatic carbocycles. The normalized spacial score (nSPS) is 16.3. The second-order valence-electron chi connectivity index (χ2n) is 7.43. The maximum atomic E-state index is 13.0. The molecule has 1 N–H and O–H groups in total. The number of hydrogen-bond donors (Lipinski definition) is 1. The fraction of sp³-hybridized carbons (Fsp3) is 0.381. The molecule has 156 valence electrons. The highest BCUT2D eigenvalue weighted by molar-refractivity contribution is 7.92. The highest BCUT2D eigenvalue weighted by Crippen LogP contribution is 2.27. The number of quaternary nitrogens is 1. The zero-order valence-corrected chi connectivity index (χ0v) is 17.9. The van der Waals surface area contributed by atoms with Gasteiger partial charge in [0.15, 0.2) is 0 Å². The fourth-order valence-corrected chi connectivity index (χ4v) is 4.63. The molecule has 1 heterocycles. The fourth-order valence-electron chi connectivity index (χ4n) is 3.46. The summed E-state index contributed by atoms with van der Waals surface area (Å²) >= 11 is 0. The van der Waals surface area contributed by atoms with Crippen LogP contribution in [0.4, 0.5) is 5.69 Å². The van der Waals surface area contributed by atoms with E-state index < -0.39 is 16.1 Å². The summed E-state index contributed by atoms with van der Waals surface area (Å²) in [4.78, 5) is 16.1. The standard InChI is InChI=1S/C21H27N3O4S/c1-17(21(25)23-15-13-22(2)14-16-23)24(29(3,26)27)18-9-11-20(12-10-18)28-19-7-5-4-6-8-19/h4-12,17H,13-16H2,1-3H3/p+1/t17-/m1/s1. The van der Waals surface area contributed by atoms with Gasteiger partial charge >= 0.3 is 0 Å². The van der Waals surface area contributed by atoms with E-state index in [-0.39, 0.29) is 5.91 Å². The molecule has 1 aliphatic heterocycles. The summed E-state index contributed by atoms with van der Waals surface area (Å²) < 4.78 is 32.0. The molecule has 2 aromatic rings. The number of para-hydroxylation sites is 1. The van der Waals surface area contributed by atoms with Gasteiger partial charge in [-0.05, 0) is 43.3 Å². The quantitative estimate of drug-likeness (QED) is 0.760. The van der Waals surface area contributed by atoms with Crippen LogP contribution < -0.4 is 13.9 Å². The zero-order valence-electron chi connectivity index (χ0n) is 17.0. The van der Waals surface area contributed by atoms with Gasteiger partial charge in [0.25, 0.3) is 0 Å². The average Bonchev–Trinajstić information content (AvgIpc) is 2.69. The first-order chi connectivity index (χ1) is 13.8. The number of rotatable bonds is 6. The molecule has 0 bridgehead atoms. The van der Waals surface area contributed by atoms with Gasteiger partial charge in [-0.1, -0.05) is 18.2 Å². The number of piperazine rings is 1. The van der Waals surface area contributed by atoms with Crippen LogP contribution in [0.1, 0.15) is 6.92 Å². The van der Waals surface area contributed by atoms with E-state index in [0.29, 0.717) is 30.3 Å². The maximum Gasteiger partial charge on any atom is 0.246 e. The summed E-state index contributed by atoms with van der Waals surface area (Å²) in [6.45, 7) is 4.64. The minimum absolute atomic E-state index is 0.174. The Morgan fingerprint density at radius 2 is 1.59 bits per heavy atom. The van der Waals surface area contributed by atoms with E-state index in [1.54, 1.807) is 36.1 Å². The van der Waals surface area contributed by atoms with Gasteiger partial charge in [0, 0.05) is 0 Å². The van der Waals surface area contributed by atoms with Crippen molar-refractivity contribution in [2.24, 2.45) is 0 Å². The van der Waals surface area contributed by atoms with Gasteiger partial charge in [0.05, 0.1) is 45.2 Å². The first-order valence-electron chi connectivity index (χ1n) is 9.68. The van der Waals surface area contributed by atoms with Crippen LogP contribution in [-0.2, 0) is 14.8 Å². The van der Waals surface area contributed by atoms with Crippen molar-refractivity contribution >= 4 is 21.6 Å². The van der Waals surface area contributed by atoms with Crippen LogP contribution in [0.5, 0.6) is 11.5 Å². The molecule has 3 rings (SSSR count). The number of hydrogen-bond acceptors (Lipinski definition) is 4. The van der Waals surface area contributed by atoms with Crippen molar-refractivity contribution < 1.29 is 22.8 Å². The largest absolute Gasteiger partial charge is 0.457 e. The molecule has 2 aromatic carbocycles. The molecule has 0 saturated carbocycles. The molecule has 1 amide bonds. The number of carbonyl (C=O) groups is 1. The number of ether oxygens (including phenoxy) is 1. The van der Waals surface area contributed by atoms with Crippen molar-refractivity contribution in [1.82, 2.24) is 4.90 Å². The Morgan fingerprint density at radius 3 is 2.14 bits per heavy atom. The van der Waals surface area contributed by atoms with Gasteiger partial charge in [-0.3, -0.25) is 9.10 Å². The van der Waals surface area contributed by atoms with E-state index in [9.17, 15) is 13.2 Å². The Kier molecular flexibility index (Phi) is 6.44. The smallest absolute Gasteiger partial charge is 0.246 e. The van der Waals surface area contributed by atoms with Gasteiger partial charge in [0.1, 0.15) is 17.5 Å². The number of sulfonamides is 1. The van der Waals surface area contributed by atoms with Gasteiger partial charge in [0.2, 0.25) is 15.9 Å². The van der Waals surface area contributed by atoms with E-state index in [0.717, 1.165) is 19.3 Å². The Bertz CT molecular complexity index is 924. The third kappa shape index (κ3) is 5.27. The summed E-state index contributed by atoms with van der Waals surface area (Å²) in [7, 11) is -1.55. The minimum Gasteiger partial charge on any atom is -0.457 e. The molecule has 0 spiro atoms. The topological polar surface area (TPSA) is 71.4 Å². The Labute approximate surface area is 172 Å². The highest BCUT2D eigenvalue weighted by atomic mass is 32.2. The van der Waals surface area contributed by atoms with Crippen LogP contribution >= 0.6 is 0 Å². The lowest BCUT2D eigenvalue weighted by Crippen LogP contribution is -3.12. The molecule has 1 atom stereocenters. The number of benzene rings is 2. The van der Waals surface area contributed by atoms with E-state index in [4.69, 9.17) is 4.74 Å². The van der Waals surface area contributed by atoms with Gasteiger partial charge in [-0.2, -0.15) is 0 Å². The molecular formula is C21H28N3O4S+. The van der Waals surface area contributed by atoms with Crippen LogP contribution in [0.3, 0.4) is 0 Å². The summed E-state index contributed by atoms with van der Waals surface area (Å²) in [5.41, 5.74) is 0.438. The van der Waals surface area contributed by atoms with Crippen LogP contribution in [0, 0.1) is 0 Å². The Morgan fingerprint density at radius 1 is 1.03 bits per heavy atom. The number of likely N-dealkylation sites (N-methyl/N-ethyl adjacent to an activating group) is 1. The maximum absolute atomic E-state index is 13.0. The van der Waals surface area contributed by atoms with Gasteiger partial charge in [-0.25, -0.2) is 8.42 Å². The lowest BCUT2D eigenvalue weighted by atomic mass is 10.2. The number of amides is 1. The molecule has 7 nitrogen and oxygen atoms in total. The van der Waals surface area contributed by atoms with E-state index >= 15 is 0 Å². The number of anilines is 1. The van der Waals surface area contributed by atoms with Gasteiger partial charge < -0.3 is 14.5 Å². The molecule has 1 saturated heterocycles. The molecular weight excluding hydrogens is 390 g/mol. The molecule has 8 heteroatoms. The van der Waals surface area contributed by atoms with Gasteiger partial charge in [-0.15, -0.1) is 0 Å². The second-order valence-corrected chi connectivity index (χ2v) is 9.29. The molecule has 0 aromatic heterocycles. The number of nitrogens with zero attached hydrogens (tertiary/aromatic N) is 2. The monoisotopic (exact) mass is 418 g/mol. The third-order valence-corrected chi connectivity index (χ3v) is 6.31. The molecule has 29 heavy (non-hydrogen) atoms. The minimum atomic E-state index is -3.64. The number of carbonyl (C=O) groups excluding carboxylic acids is 1. The average molecular weight is 419 g/mol. The first kappa shape index (κ1) is 21.1. The van der Waals surface area contributed by atoms with Crippen molar-refractivity contribution in [3.05, 3.63) is 54.6 Å². The lowest BCUT2D eigenvalue weighted by Gasteiger charge is -2.35. The van der Waals surface area contributed by atoms with Crippen LogP contribution in [0.2, 0.25) is 0 Å². The Hall–Kier alpha value is -2.58. The van der Waals surface area contributed by atoms with Crippen molar-refractivity contribution in [3.63, 3.8) is 0 Å². The summed E-state index contributed by atoms with van der Waals surface area (Å²) in [5, 5.41) is 0. The van der Waals surface area contributed by atoms with Crippen molar-refractivity contribution in [3.8, 4) is 11.5 Å². The summed E-state index contributed by atoms with van der Waals surface area (Å²) in [5.74, 6) is 1.11. The third-order valence-electron chi connectivity index (χ3n) is 5.07. The molecule has 0 unspecified atom stereocenters. The summed E-state index contributed by atoms with van der Waals surface area (Å²) in [6, 6.07) is 15.3. The highest BCUT2D eigenvalue weighted by Gasteiger charge is 2.33. The lowest BCUT2D eigenvalue weighted by molar-refractivity contribution is -0.883. The molecule has 1 fully saturated rings. The van der Waals surface area contributed by atoms with E-state index in [1.165, 1.54) is 9.21 Å². The second kappa shape index (κ2) is 8.84. The first-order valence-corrected chi connectivity index (χ1v) is 11.5. The van der Waals surface area contributed by atoms with Crippen LogP contribution in [-0.4, -0.2) is 64.7 Å². The van der Waals surface area contributed by atoms with Crippen LogP contribution in [0.15, 0.2) is 54.6 Å². The van der Waals surface area contributed by atoms with Crippen molar-refractivity contribution in [2.45, 2.75) is 13.0 Å². The van der Waals surface area contributed by atoms with Crippen molar-refractivity contribution in [1.29, 1.82) is 0 Å². The predicted molar refractivity (Wildman–Crippen MR) is 113 cm³/mol. The SMILES string of the molecule is C[C@H](C(=O)N1CC[NH+](C)CC1)N(c1ccc(Oc2ccccc2)cc1)S(C)(=O)=O. The zero-order chi connectivity index (χ0) is 21.0. The van der Waals surface area contributed by atoms with Crippen molar-refractivity contribution in [2.75, 3.05) is 43.8 Å². The van der Waals surface area contributed by atoms with E-state index in [2.05, 4.69) is 7.05 Å².